The minimum absolute atomic E-state index is 0.0643. The molecule has 2 unspecified atom stereocenters. The number of nitrogens with one attached hydrogen (secondary N) is 1. The van der Waals surface area contributed by atoms with Gasteiger partial charge in [0.15, 0.2) is 0 Å². The Morgan fingerprint density at radius 2 is 2.21 bits per heavy atom. The van der Waals surface area contributed by atoms with Gasteiger partial charge in [0, 0.05) is 5.54 Å². The van der Waals surface area contributed by atoms with E-state index in [2.05, 4.69) is 12.2 Å². The molecular weight excluding hydrogens is 178 g/mol. The van der Waals surface area contributed by atoms with Crippen LogP contribution in [0.5, 0.6) is 0 Å². The predicted molar refractivity (Wildman–Crippen MR) is 53.9 cm³/mol. The van der Waals surface area contributed by atoms with E-state index in [1.54, 1.807) is 0 Å². The Morgan fingerprint density at radius 1 is 1.50 bits per heavy atom. The third kappa shape index (κ3) is 1.65. The van der Waals surface area contributed by atoms with E-state index in [9.17, 15) is 4.79 Å². The summed E-state index contributed by atoms with van der Waals surface area (Å²) in [6.07, 6.45) is 4.33. The van der Waals surface area contributed by atoms with E-state index in [-0.39, 0.29) is 11.5 Å². The largest absolute Gasteiger partial charge is 0.469 e. The summed E-state index contributed by atoms with van der Waals surface area (Å²) in [6.45, 7) is 3.32. The van der Waals surface area contributed by atoms with Crippen LogP contribution in [0, 0.1) is 11.8 Å². The second-order valence-electron chi connectivity index (χ2n) is 4.75. The van der Waals surface area contributed by atoms with Crippen molar-refractivity contribution in [1.29, 1.82) is 0 Å². The standard InChI is InChI=1S/C11H19NO2/c1-11(8-3-4-8)9(5-6-12-11)7-10(13)14-2/h8-9,12H,3-7H2,1-2H3. The molecule has 1 saturated heterocycles. The number of ether oxygens (including phenoxy) is 1. The van der Waals surface area contributed by atoms with Crippen LogP contribution >= 0.6 is 0 Å². The molecule has 2 fully saturated rings. The van der Waals surface area contributed by atoms with Gasteiger partial charge in [-0.1, -0.05) is 0 Å². The molecule has 1 saturated carbocycles. The average Bonchev–Trinajstić information content (AvgIpc) is 2.95. The Labute approximate surface area is 85.2 Å². The molecule has 0 spiro atoms. The summed E-state index contributed by atoms with van der Waals surface area (Å²) in [4.78, 5) is 11.2. The number of esters is 1. The summed E-state index contributed by atoms with van der Waals surface area (Å²) in [5.74, 6) is 1.20. The zero-order valence-corrected chi connectivity index (χ0v) is 9.01. The molecular formula is C11H19NO2. The Morgan fingerprint density at radius 3 is 2.79 bits per heavy atom. The lowest BCUT2D eigenvalue weighted by molar-refractivity contribution is -0.142. The fourth-order valence-electron chi connectivity index (χ4n) is 2.72. The average molecular weight is 197 g/mol. The first-order valence-electron chi connectivity index (χ1n) is 5.48. The summed E-state index contributed by atoms with van der Waals surface area (Å²) in [6, 6.07) is 0. The molecule has 2 atom stereocenters. The maximum Gasteiger partial charge on any atom is 0.305 e. The number of carbonyl (C=O) groups is 1. The van der Waals surface area contributed by atoms with Crippen molar-refractivity contribution in [3.63, 3.8) is 0 Å². The van der Waals surface area contributed by atoms with Crippen LogP contribution < -0.4 is 5.32 Å². The molecule has 1 aliphatic carbocycles. The van der Waals surface area contributed by atoms with Gasteiger partial charge < -0.3 is 10.1 Å². The van der Waals surface area contributed by atoms with Crippen molar-refractivity contribution in [2.45, 2.75) is 38.1 Å². The van der Waals surface area contributed by atoms with Crippen LogP contribution in [0.2, 0.25) is 0 Å². The van der Waals surface area contributed by atoms with Crippen LogP contribution in [0.25, 0.3) is 0 Å². The zero-order chi connectivity index (χ0) is 10.2. The van der Waals surface area contributed by atoms with E-state index in [0.29, 0.717) is 12.3 Å². The Bertz CT molecular complexity index is 237. The number of carbonyl (C=O) groups excluding carboxylic acids is 1. The van der Waals surface area contributed by atoms with Crippen molar-refractivity contribution < 1.29 is 9.53 Å². The highest BCUT2D eigenvalue weighted by molar-refractivity contribution is 5.69. The SMILES string of the molecule is COC(=O)CC1CCNC1(C)C1CC1. The third-order valence-electron chi connectivity index (χ3n) is 3.91. The fourth-order valence-corrected chi connectivity index (χ4v) is 2.72. The van der Waals surface area contributed by atoms with Gasteiger partial charge in [-0.05, 0) is 44.6 Å². The molecule has 0 aromatic rings. The van der Waals surface area contributed by atoms with Gasteiger partial charge in [0.25, 0.3) is 0 Å². The fraction of sp³-hybridized carbons (Fsp3) is 0.909. The molecule has 1 heterocycles. The molecule has 2 aliphatic rings. The van der Waals surface area contributed by atoms with Crippen LogP contribution in [0.3, 0.4) is 0 Å². The minimum atomic E-state index is -0.0643. The van der Waals surface area contributed by atoms with Gasteiger partial charge in [-0.15, -0.1) is 0 Å². The van der Waals surface area contributed by atoms with E-state index in [1.807, 2.05) is 0 Å². The van der Waals surface area contributed by atoms with Crippen LogP contribution in [0.4, 0.5) is 0 Å². The van der Waals surface area contributed by atoms with Gasteiger partial charge in [0.1, 0.15) is 0 Å². The maximum atomic E-state index is 11.2. The van der Waals surface area contributed by atoms with E-state index < -0.39 is 0 Å². The molecule has 1 aliphatic heterocycles. The van der Waals surface area contributed by atoms with Crippen LogP contribution in [-0.2, 0) is 9.53 Å². The third-order valence-corrected chi connectivity index (χ3v) is 3.91. The van der Waals surface area contributed by atoms with Crippen LogP contribution in [-0.4, -0.2) is 25.2 Å². The molecule has 1 N–H and O–H groups in total. The Kier molecular flexibility index (Phi) is 2.52. The lowest BCUT2D eigenvalue weighted by atomic mass is 9.81. The van der Waals surface area contributed by atoms with Gasteiger partial charge >= 0.3 is 5.97 Å². The van der Waals surface area contributed by atoms with E-state index in [4.69, 9.17) is 4.74 Å². The van der Waals surface area contributed by atoms with E-state index in [1.165, 1.54) is 20.0 Å². The van der Waals surface area contributed by atoms with Crippen molar-refractivity contribution in [3.05, 3.63) is 0 Å². The van der Waals surface area contributed by atoms with E-state index in [0.717, 1.165) is 18.9 Å². The first-order valence-corrected chi connectivity index (χ1v) is 5.48. The van der Waals surface area contributed by atoms with E-state index >= 15 is 0 Å². The van der Waals surface area contributed by atoms with Gasteiger partial charge in [-0.3, -0.25) is 4.79 Å². The van der Waals surface area contributed by atoms with Crippen molar-refractivity contribution in [2.75, 3.05) is 13.7 Å². The highest BCUT2D eigenvalue weighted by Crippen LogP contribution is 2.47. The smallest absolute Gasteiger partial charge is 0.305 e. The molecule has 0 aromatic carbocycles. The number of methoxy groups -OCH3 is 1. The van der Waals surface area contributed by atoms with Gasteiger partial charge in [0.2, 0.25) is 0 Å². The topological polar surface area (TPSA) is 38.3 Å². The number of rotatable bonds is 3. The lowest BCUT2D eigenvalue weighted by Gasteiger charge is -2.31. The lowest BCUT2D eigenvalue weighted by Crippen LogP contribution is -2.44. The molecule has 3 nitrogen and oxygen atoms in total. The molecule has 0 amide bonds. The summed E-state index contributed by atoms with van der Waals surface area (Å²) in [5.41, 5.74) is 0.203. The van der Waals surface area contributed by atoms with Crippen LogP contribution in [0.15, 0.2) is 0 Å². The number of hydrogen-bond acceptors (Lipinski definition) is 3. The molecule has 2 rings (SSSR count). The molecule has 80 valence electrons. The monoisotopic (exact) mass is 197 g/mol. The highest BCUT2D eigenvalue weighted by Gasteiger charge is 2.49. The van der Waals surface area contributed by atoms with Gasteiger partial charge in [-0.25, -0.2) is 0 Å². The van der Waals surface area contributed by atoms with Gasteiger partial charge in [-0.2, -0.15) is 0 Å². The van der Waals surface area contributed by atoms with Crippen molar-refractivity contribution >= 4 is 5.97 Å². The molecule has 0 bridgehead atoms. The summed E-state index contributed by atoms with van der Waals surface area (Å²) >= 11 is 0. The Balaban J connectivity index is 1.99. The minimum Gasteiger partial charge on any atom is -0.469 e. The summed E-state index contributed by atoms with van der Waals surface area (Å²) in [5, 5.41) is 3.57. The predicted octanol–water partition coefficient (Wildman–Crippen LogP) is 1.33. The normalized spacial score (nSPS) is 37.1. The molecule has 0 aromatic heterocycles. The van der Waals surface area contributed by atoms with Crippen molar-refractivity contribution in [2.24, 2.45) is 11.8 Å². The first-order chi connectivity index (χ1) is 6.66. The number of hydrogen-bond donors (Lipinski definition) is 1. The quantitative estimate of drug-likeness (QED) is 0.694. The zero-order valence-electron chi connectivity index (χ0n) is 9.01. The first kappa shape index (κ1) is 9.97. The van der Waals surface area contributed by atoms with Gasteiger partial charge in [0.05, 0.1) is 13.5 Å². The molecule has 3 heteroatoms. The highest BCUT2D eigenvalue weighted by atomic mass is 16.5. The summed E-state index contributed by atoms with van der Waals surface area (Å²) in [7, 11) is 1.47. The molecule has 0 radical (unpaired) electrons. The molecule has 14 heavy (non-hydrogen) atoms. The Hall–Kier alpha value is -0.570. The maximum absolute atomic E-state index is 11.2. The van der Waals surface area contributed by atoms with Crippen molar-refractivity contribution in [1.82, 2.24) is 5.32 Å². The van der Waals surface area contributed by atoms with Crippen molar-refractivity contribution in [3.8, 4) is 0 Å². The second-order valence-corrected chi connectivity index (χ2v) is 4.75. The second kappa shape index (κ2) is 3.54. The summed E-state index contributed by atoms with van der Waals surface area (Å²) < 4.78 is 4.74. The van der Waals surface area contributed by atoms with Crippen LogP contribution in [0.1, 0.15) is 32.6 Å².